The van der Waals surface area contributed by atoms with E-state index in [1.165, 1.54) is 36.3 Å². The van der Waals surface area contributed by atoms with Crippen molar-refractivity contribution in [2.75, 3.05) is 20.6 Å². The number of methoxy groups -OCH3 is 1. The number of nitro benzene ring substituents is 1. The number of esters is 2. The molecule has 11 heteroatoms. The van der Waals surface area contributed by atoms with E-state index in [9.17, 15) is 29.6 Å². The molecule has 1 atom stereocenters. The first-order chi connectivity index (χ1) is 15.1. The van der Waals surface area contributed by atoms with Gasteiger partial charge in [-0.05, 0) is 19.4 Å². The quantitative estimate of drug-likeness (QED) is 0.259. The Morgan fingerprint density at radius 1 is 1.16 bits per heavy atom. The molecule has 11 nitrogen and oxygen atoms in total. The number of hydrogen-bond donors (Lipinski definition) is 1. The fourth-order valence-corrected chi connectivity index (χ4v) is 3.45. The van der Waals surface area contributed by atoms with Gasteiger partial charge < -0.3 is 24.2 Å². The number of carboxylic acid groups (broad SMARTS) is 1. The molecule has 0 spiro atoms. The lowest BCUT2D eigenvalue weighted by Crippen LogP contribution is -2.36. The summed E-state index contributed by atoms with van der Waals surface area (Å²) in [7, 11) is 1.41. The second kappa shape index (κ2) is 10.5. The van der Waals surface area contributed by atoms with Crippen LogP contribution in [0.4, 0.5) is 5.69 Å². The van der Waals surface area contributed by atoms with Gasteiger partial charge in [0, 0.05) is 37.1 Å². The molecule has 0 saturated heterocycles. The monoisotopic (exact) mass is 448 g/mol. The maximum atomic E-state index is 13.0. The fraction of sp³-hybridized carbons (Fsp3) is 0.381. The zero-order chi connectivity index (χ0) is 24.0. The molecule has 172 valence electrons. The SMILES string of the molecule is CCC(=O)OCOC(=O)C1=C(C)N(COC)C(C)=C(C(=O)O)[C@@H]1c1cccc([N+](=O)[O-])c1. The second-order valence-corrected chi connectivity index (χ2v) is 6.85. The molecule has 0 aromatic heterocycles. The number of carbonyl (C=O) groups excluding carboxylic acids is 2. The lowest BCUT2D eigenvalue weighted by atomic mass is 9.79. The van der Waals surface area contributed by atoms with E-state index in [1.54, 1.807) is 20.8 Å². The van der Waals surface area contributed by atoms with E-state index in [-0.39, 0.29) is 35.5 Å². The number of allylic oxidation sites excluding steroid dienone is 2. The Labute approximate surface area is 184 Å². The summed E-state index contributed by atoms with van der Waals surface area (Å²) in [5.74, 6) is -3.97. The van der Waals surface area contributed by atoms with E-state index in [2.05, 4.69) is 0 Å². The molecule has 1 heterocycles. The van der Waals surface area contributed by atoms with Gasteiger partial charge in [-0.25, -0.2) is 9.59 Å². The molecule has 1 aromatic carbocycles. The minimum atomic E-state index is -1.31. The Balaban J connectivity index is 2.63. The lowest BCUT2D eigenvalue weighted by Gasteiger charge is -2.36. The lowest BCUT2D eigenvalue weighted by molar-refractivity contribution is -0.384. The van der Waals surface area contributed by atoms with Crippen molar-refractivity contribution in [3.63, 3.8) is 0 Å². The average molecular weight is 448 g/mol. The third-order valence-electron chi connectivity index (χ3n) is 4.99. The maximum Gasteiger partial charge on any atom is 0.339 e. The third-order valence-corrected chi connectivity index (χ3v) is 4.99. The van der Waals surface area contributed by atoms with Crippen LogP contribution in [0.25, 0.3) is 0 Å². The van der Waals surface area contributed by atoms with Crippen molar-refractivity contribution in [3.8, 4) is 0 Å². The van der Waals surface area contributed by atoms with Crippen molar-refractivity contribution in [3.05, 3.63) is 62.5 Å². The van der Waals surface area contributed by atoms with E-state index in [0.29, 0.717) is 11.4 Å². The molecular weight excluding hydrogens is 424 g/mol. The molecule has 1 aliphatic heterocycles. The highest BCUT2D eigenvalue weighted by Crippen LogP contribution is 2.43. The molecule has 0 radical (unpaired) electrons. The standard InChI is InChI=1S/C21H24N2O9/c1-5-16(24)31-11-32-21(27)18-13(3)22(10-30-4)12(2)17(20(25)26)19(18)14-7-6-8-15(9-14)23(28)29/h6-9,19H,5,10-11H2,1-4H3,(H,25,26)/t19-/m0/s1. The van der Waals surface area contributed by atoms with Crippen LogP contribution in [0.15, 0.2) is 46.8 Å². The van der Waals surface area contributed by atoms with Crippen LogP contribution in [0.5, 0.6) is 0 Å². The Kier molecular flexibility index (Phi) is 8.08. The number of aliphatic carboxylic acids is 1. The van der Waals surface area contributed by atoms with Crippen molar-refractivity contribution < 1.29 is 38.6 Å². The van der Waals surface area contributed by atoms with Crippen molar-refractivity contribution in [2.24, 2.45) is 0 Å². The zero-order valence-corrected chi connectivity index (χ0v) is 18.1. The normalized spacial score (nSPS) is 16.1. The highest BCUT2D eigenvalue weighted by Gasteiger charge is 2.40. The Hall–Kier alpha value is -3.73. The van der Waals surface area contributed by atoms with Crippen molar-refractivity contribution in [2.45, 2.75) is 33.1 Å². The molecule has 0 aliphatic carbocycles. The number of non-ortho nitro benzene ring substituents is 1. The average Bonchev–Trinajstić information content (AvgIpc) is 2.75. The van der Waals surface area contributed by atoms with E-state index in [4.69, 9.17) is 14.2 Å². The molecule has 0 fully saturated rings. The van der Waals surface area contributed by atoms with Gasteiger partial charge in [0.15, 0.2) is 0 Å². The molecular formula is C21H24N2O9. The molecule has 1 aromatic rings. The van der Waals surface area contributed by atoms with Crippen molar-refractivity contribution in [1.29, 1.82) is 0 Å². The van der Waals surface area contributed by atoms with Crippen LogP contribution in [0.1, 0.15) is 38.7 Å². The number of hydrogen-bond acceptors (Lipinski definition) is 9. The molecule has 32 heavy (non-hydrogen) atoms. The van der Waals surface area contributed by atoms with Gasteiger partial charge in [0.05, 0.1) is 22.0 Å². The summed E-state index contributed by atoms with van der Waals surface area (Å²) in [4.78, 5) is 48.7. The number of benzene rings is 1. The summed E-state index contributed by atoms with van der Waals surface area (Å²) in [6, 6.07) is 5.38. The van der Waals surface area contributed by atoms with Gasteiger partial charge in [0.25, 0.3) is 5.69 Å². The van der Waals surface area contributed by atoms with Gasteiger partial charge in [-0.1, -0.05) is 19.1 Å². The molecule has 0 unspecified atom stereocenters. The van der Waals surface area contributed by atoms with Gasteiger partial charge >= 0.3 is 17.9 Å². The van der Waals surface area contributed by atoms with Crippen molar-refractivity contribution >= 4 is 23.6 Å². The van der Waals surface area contributed by atoms with Crippen LogP contribution in [-0.4, -0.2) is 53.5 Å². The number of nitrogens with zero attached hydrogens (tertiary/aromatic N) is 2. The van der Waals surface area contributed by atoms with E-state index in [0.717, 1.165) is 0 Å². The van der Waals surface area contributed by atoms with Crippen LogP contribution >= 0.6 is 0 Å². The molecule has 0 saturated carbocycles. The number of carbonyl (C=O) groups is 3. The van der Waals surface area contributed by atoms with E-state index < -0.39 is 35.5 Å². The minimum Gasteiger partial charge on any atom is -0.478 e. The topological polar surface area (TPSA) is 146 Å². The second-order valence-electron chi connectivity index (χ2n) is 6.85. The predicted molar refractivity (Wildman–Crippen MR) is 110 cm³/mol. The van der Waals surface area contributed by atoms with Gasteiger partial charge in [-0.2, -0.15) is 0 Å². The number of nitro groups is 1. The Bertz CT molecular complexity index is 997. The number of rotatable bonds is 9. The summed E-state index contributed by atoms with van der Waals surface area (Å²) >= 11 is 0. The first-order valence-electron chi connectivity index (χ1n) is 9.62. The molecule has 2 rings (SSSR count). The smallest absolute Gasteiger partial charge is 0.339 e. The maximum absolute atomic E-state index is 13.0. The van der Waals surface area contributed by atoms with Gasteiger partial charge in [0.1, 0.15) is 6.73 Å². The largest absolute Gasteiger partial charge is 0.478 e. The Morgan fingerprint density at radius 2 is 1.81 bits per heavy atom. The van der Waals surface area contributed by atoms with Crippen LogP contribution in [0, 0.1) is 10.1 Å². The minimum absolute atomic E-state index is 0.0439. The van der Waals surface area contributed by atoms with Gasteiger partial charge in [-0.3, -0.25) is 14.9 Å². The Morgan fingerprint density at radius 3 is 2.38 bits per heavy atom. The number of ether oxygens (including phenoxy) is 3. The highest BCUT2D eigenvalue weighted by molar-refractivity contribution is 5.99. The molecule has 1 N–H and O–H groups in total. The molecule has 0 bridgehead atoms. The van der Waals surface area contributed by atoms with Crippen LogP contribution < -0.4 is 0 Å². The van der Waals surface area contributed by atoms with Crippen LogP contribution in [-0.2, 0) is 28.6 Å². The van der Waals surface area contributed by atoms with Gasteiger partial charge in [-0.15, -0.1) is 0 Å². The highest BCUT2D eigenvalue weighted by atomic mass is 16.7. The summed E-state index contributed by atoms with van der Waals surface area (Å²) < 4.78 is 15.0. The molecule has 1 aliphatic rings. The predicted octanol–water partition coefficient (Wildman–Crippen LogP) is 2.68. The zero-order valence-electron chi connectivity index (χ0n) is 18.1. The van der Waals surface area contributed by atoms with E-state index >= 15 is 0 Å². The first-order valence-corrected chi connectivity index (χ1v) is 9.62. The fourth-order valence-electron chi connectivity index (χ4n) is 3.45. The third kappa shape index (κ3) is 5.11. The van der Waals surface area contributed by atoms with Gasteiger partial charge in [0.2, 0.25) is 6.79 Å². The summed E-state index contributed by atoms with van der Waals surface area (Å²) in [6.07, 6.45) is 0.0856. The first kappa shape index (κ1) is 24.5. The summed E-state index contributed by atoms with van der Waals surface area (Å²) in [5, 5.41) is 21.2. The van der Waals surface area contributed by atoms with Crippen molar-refractivity contribution in [1.82, 2.24) is 4.90 Å². The summed E-state index contributed by atoms with van der Waals surface area (Å²) in [5.41, 5.74) is 0.403. The van der Waals surface area contributed by atoms with Crippen LogP contribution in [0.2, 0.25) is 0 Å². The number of carboxylic acids is 1. The van der Waals surface area contributed by atoms with Crippen LogP contribution in [0.3, 0.4) is 0 Å². The van der Waals surface area contributed by atoms with E-state index in [1.807, 2.05) is 0 Å². The molecule has 0 amide bonds. The summed E-state index contributed by atoms with van der Waals surface area (Å²) in [6.45, 7) is 4.02.